The summed E-state index contributed by atoms with van der Waals surface area (Å²) in [5.74, 6) is 1.55. The van der Waals surface area contributed by atoms with Gasteiger partial charge < -0.3 is 10.5 Å². The van der Waals surface area contributed by atoms with Gasteiger partial charge in [-0.3, -0.25) is 0 Å². The molecule has 17 heavy (non-hydrogen) atoms. The zero-order chi connectivity index (χ0) is 12.0. The van der Waals surface area contributed by atoms with E-state index in [-0.39, 0.29) is 5.54 Å². The Bertz CT molecular complexity index is 450. The van der Waals surface area contributed by atoms with Crippen LogP contribution in [-0.2, 0) is 5.54 Å². The van der Waals surface area contributed by atoms with Crippen molar-refractivity contribution in [3.8, 4) is 5.75 Å². The van der Waals surface area contributed by atoms with Gasteiger partial charge in [-0.05, 0) is 50.2 Å². The van der Waals surface area contributed by atoms with E-state index in [0.29, 0.717) is 5.02 Å². The molecule has 2 nitrogen and oxygen atoms in total. The summed E-state index contributed by atoms with van der Waals surface area (Å²) in [6, 6.07) is 4.08. The Morgan fingerprint density at radius 1 is 1.41 bits per heavy atom. The number of halogens is 1. The third kappa shape index (κ3) is 2.29. The fraction of sp³-hybridized carbons (Fsp3) is 0.571. The molecular weight excluding hydrogens is 234 g/mol. The van der Waals surface area contributed by atoms with E-state index >= 15 is 0 Å². The van der Waals surface area contributed by atoms with E-state index in [2.05, 4.69) is 6.07 Å². The number of nitrogens with two attached hydrogens (primary N) is 1. The topological polar surface area (TPSA) is 35.2 Å². The van der Waals surface area contributed by atoms with Crippen LogP contribution >= 0.6 is 11.6 Å². The van der Waals surface area contributed by atoms with Crippen molar-refractivity contribution in [1.29, 1.82) is 0 Å². The Labute approximate surface area is 107 Å². The van der Waals surface area contributed by atoms with Crippen LogP contribution in [-0.4, -0.2) is 6.61 Å². The summed E-state index contributed by atoms with van der Waals surface area (Å²) in [5, 5.41) is 0.706. The Morgan fingerprint density at radius 2 is 2.12 bits per heavy atom. The number of benzene rings is 1. The predicted octanol–water partition coefficient (Wildman–Crippen LogP) is 3.39. The first-order valence-corrected chi connectivity index (χ1v) is 6.68. The van der Waals surface area contributed by atoms with Crippen LogP contribution in [0.15, 0.2) is 12.1 Å². The lowest BCUT2D eigenvalue weighted by Gasteiger charge is -2.18. The van der Waals surface area contributed by atoms with Gasteiger partial charge in [0.1, 0.15) is 5.75 Å². The molecule has 0 atom stereocenters. The third-order valence-electron chi connectivity index (χ3n) is 3.67. The van der Waals surface area contributed by atoms with E-state index in [9.17, 15) is 0 Å². The average Bonchev–Trinajstić information content (AvgIpc) is 3.13. The molecule has 92 valence electrons. The molecule has 0 unspecified atom stereocenters. The third-order valence-corrected chi connectivity index (χ3v) is 3.95. The summed E-state index contributed by atoms with van der Waals surface area (Å²) >= 11 is 6.29. The van der Waals surface area contributed by atoms with Crippen LogP contribution in [0.1, 0.15) is 36.8 Å². The molecule has 0 amide bonds. The van der Waals surface area contributed by atoms with E-state index < -0.39 is 0 Å². The quantitative estimate of drug-likeness (QED) is 0.890. The van der Waals surface area contributed by atoms with Gasteiger partial charge in [0.05, 0.1) is 11.6 Å². The number of hydrogen-bond donors (Lipinski definition) is 1. The minimum atomic E-state index is -0.186. The van der Waals surface area contributed by atoms with Gasteiger partial charge >= 0.3 is 0 Å². The SMILES string of the molecule is Cc1cc(Cl)c(OCC2CC2)c(C2(N)CC2)c1. The lowest BCUT2D eigenvalue weighted by atomic mass is 10.0. The highest BCUT2D eigenvalue weighted by Gasteiger charge is 2.43. The maximum atomic E-state index is 6.29. The lowest BCUT2D eigenvalue weighted by Crippen LogP contribution is -2.20. The molecule has 0 aliphatic heterocycles. The number of rotatable bonds is 4. The Hall–Kier alpha value is -0.730. The highest BCUT2D eigenvalue weighted by atomic mass is 35.5. The molecule has 2 aliphatic carbocycles. The Morgan fingerprint density at radius 3 is 2.71 bits per heavy atom. The molecule has 3 rings (SSSR count). The molecule has 0 spiro atoms. The minimum absolute atomic E-state index is 0.186. The van der Waals surface area contributed by atoms with Crippen molar-refractivity contribution in [3.63, 3.8) is 0 Å². The van der Waals surface area contributed by atoms with E-state index in [0.717, 1.165) is 42.2 Å². The molecule has 0 radical (unpaired) electrons. The lowest BCUT2D eigenvalue weighted by molar-refractivity contribution is 0.294. The number of aryl methyl sites for hydroxylation is 1. The molecule has 0 bridgehead atoms. The van der Waals surface area contributed by atoms with Crippen LogP contribution in [0.5, 0.6) is 5.75 Å². The number of hydrogen-bond acceptors (Lipinski definition) is 2. The van der Waals surface area contributed by atoms with Gasteiger partial charge in [0.25, 0.3) is 0 Å². The van der Waals surface area contributed by atoms with Crippen molar-refractivity contribution >= 4 is 11.6 Å². The fourth-order valence-corrected chi connectivity index (χ4v) is 2.46. The highest BCUT2D eigenvalue weighted by Crippen LogP contribution is 2.49. The minimum Gasteiger partial charge on any atom is -0.491 e. The van der Waals surface area contributed by atoms with E-state index in [1.165, 1.54) is 12.8 Å². The van der Waals surface area contributed by atoms with Gasteiger partial charge in [0.2, 0.25) is 0 Å². The van der Waals surface area contributed by atoms with Crippen molar-refractivity contribution in [3.05, 3.63) is 28.3 Å². The van der Waals surface area contributed by atoms with Gasteiger partial charge in [-0.2, -0.15) is 0 Å². The first-order chi connectivity index (χ1) is 8.08. The normalized spacial score (nSPS) is 21.4. The number of ether oxygens (including phenoxy) is 1. The van der Waals surface area contributed by atoms with E-state index in [1.54, 1.807) is 0 Å². The summed E-state index contributed by atoms with van der Waals surface area (Å²) in [5.41, 5.74) is 8.36. The van der Waals surface area contributed by atoms with Crippen molar-refractivity contribution in [1.82, 2.24) is 0 Å². The summed E-state index contributed by atoms with van der Waals surface area (Å²) in [7, 11) is 0. The molecule has 1 aromatic carbocycles. The van der Waals surface area contributed by atoms with Crippen LogP contribution in [0.4, 0.5) is 0 Å². The molecular formula is C14H18ClNO. The molecule has 0 saturated heterocycles. The van der Waals surface area contributed by atoms with Gasteiger partial charge in [0.15, 0.2) is 0 Å². The van der Waals surface area contributed by atoms with Crippen LogP contribution in [0.25, 0.3) is 0 Å². The van der Waals surface area contributed by atoms with Crippen molar-refractivity contribution < 1.29 is 4.74 Å². The smallest absolute Gasteiger partial charge is 0.142 e. The standard InChI is InChI=1S/C14H18ClNO/c1-9-6-11(14(16)4-5-14)13(12(15)7-9)17-8-10-2-3-10/h6-7,10H,2-5,8,16H2,1H3. The van der Waals surface area contributed by atoms with Crippen LogP contribution < -0.4 is 10.5 Å². The Balaban J connectivity index is 1.92. The molecule has 1 aromatic rings. The van der Waals surface area contributed by atoms with Gasteiger partial charge in [-0.15, -0.1) is 0 Å². The zero-order valence-electron chi connectivity index (χ0n) is 10.1. The van der Waals surface area contributed by atoms with Crippen LogP contribution in [0.2, 0.25) is 5.02 Å². The molecule has 0 aromatic heterocycles. The van der Waals surface area contributed by atoms with E-state index in [4.69, 9.17) is 22.1 Å². The molecule has 2 aliphatic rings. The van der Waals surface area contributed by atoms with Gasteiger partial charge in [0, 0.05) is 11.1 Å². The Kier molecular flexibility index (Phi) is 2.60. The maximum Gasteiger partial charge on any atom is 0.142 e. The van der Waals surface area contributed by atoms with Crippen molar-refractivity contribution in [2.75, 3.05) is 6.61 Å². The maximum absolute atomic E-state index is 6.29. The fourth-order valence-electron chi connectivity index (χ4n) is 2.14. The van der Waals surface area contributed by atoms with Crippen molar-refractivity contribution in [2.45, 2.75) is 38.1 Å². The average molecular weight is 252 g/mol. The summed E-state index contributed by atoms with van der Waals surface area (Å²) in [4.78, 5) is 0. The first kappa shape index (κ1) is 11.4. The van der Waals surface area contributed by atoms with Crippen LogP contribution in [0, 0.1) is 12.8 Å². The second kappa shape index (κ2) is 3.89. The van der Waals surface area contributed by atoms with Crippen LogP contribution in [0.3, 0.4) is 0 Å². The van der Waals surface area contributed by atoms with E-state index in [1.807, 2.05) is 13.0 Å². The van der Waals surface area contributed by atoms with Gasteiger partial charge in [-0.1, -0.05) is 17.7 Å². The first-order valence-electron chi connectivity index (χ1n) is 6.31. The molecule has 3 heteroatoms. The largest absolute Gasteiger partial charge is 0.491 e. The molecule has 2 saturated carbocycles. The second-order valence-electron chi connectivity index (χ2n) is 5.53. The predicted molar refractivity (Wildman–Crippen MR) is 69.5 cm³/mol. The molecule has 2 fully saturated rings. The summed E-state index contributed by atoms with van der Waals surface area (Å²) in [6.07, 6.45) is 4.64. The van der Waals surface area contributed by atoms with Crippen molar-refractivity contribution in [2.24, 2.45) is 11.7 Å². The molecule has 0 heterocycles. The second-order valence-corrected chi connectivity index (χ2v) is 5.94. The summed E-state index contributed by atoms with van der Waals surface area (Å²) in [6.45, 7) is 2.83. The molecule has 2 N–H and O–H groups in total. The zero-order valence-corrected chi connectivity index (χ0v) is 10.9. The summed E-state index contributed by atoms with van der Waals surface area (Å²) < 4.78 is 5.90. The monoisotopic (exact) mass is 251 g/mol. The highest BCUT2D eigenvalue weighted by molar-refractivity contribution is 6.32. The van der Waals surface area contributed by atoms with Gasteiger partial charge in [-0.25, -0.2) is 0 Å².